The van der Waals surface area contributed by atoms with Crippen LogP contribution in [0.15, 0.2) is 41.5 Å². The summed E-state index contributed by atoms with van der Waals surface area (Å²) >= 11 is 0. The fraction of sp³-hybridized carbons (Fsp3) is 0.706. The molecule has 2 saturated carbocycles. The molecule has 0 aromatic heterocycles. The quantitative estimate of drug-likeness (QED) is 0.102. The number of hydrogen-bond donors (Lipinski definition) is 1. The van der Waals surface area contributed by atoms with Crippen LogP contribution in [0.4, 0.5) is 4.79 Å². The molecule has 3 fully saturated rings. The van der Waals surface area contributed by atoms with Crippen LogP contribution in [0.2, 0.25) is 18.1 Å². The van der Waals surface area contributed by atoms with Gasteiger partial charge in [0, 0.05) is 23.7 Å². The van der Waals surface area contributed by atoms with Crippen LogP contribution in [0.3, 0.4) is 0 Å². The smallest absolute Gasteiger partial charge is 0.426 e. The summed E-state index contributed by atoms with van der Waals surface area (Å²) in [6.45, 7) is 15.3. The van der Waals surface area contributed by atoms with Crippen LogP contribution >= 0.6 is 0 Å². The molecule has 4 aliphatic rings. The molecule has 8 nitrogen and oxygen atoms in total. The number of aliphatic hydroxyl groups is 1. The molecule has 3 aliphatic carbocycles. The third kappa shape index (κ3) is 5.33. The first-order chi connectivity index (χ1) is 20.4. The van der Waals surface area contributed by atoms with Crippen molar-refractivity contribution < 1.29 is 38.1 Å². The number of benzene rings is 1. The number of rotatable bonds is 10. The van der Waals surface area contributed by atoms with Gasteiger partial charge in [-0.25, -0.2) is 4.79 Å². The lowest BCUT2D eigenvalue weighted by atomic mass is 9.48. The normalized spacial score (nSPS) is 35.4. The molecule has 2 bridgehead atoms. The molecule has 238 valence electrons. The largest absolute Gasteiger partial charge is 0.509 e. The Hall–Kier alpha value is -2.04. The van der Waals surface area contributed by atoms with Crippen LogP contribution in [-0.2, 0) is 34.8 Å². The Bertz CT molecular complexity index is 1220. The first-order valence-electron chi connectivity index (χ1n) is 16.1. The molecule has 1 N–H and O–H groups in total. The molecule has 1 aromatic carbocycles. The molecule has 1 aromatic rings. The summed E-state index contributed by atoms with van der Waals surface area (Å²) in [5.41, 5.74) is 0.199. The van der Waals surface area contributed by atoms with Crippen LogP contribution < -0.4 is 0 Å². The van der Waals surface area contributed by atoms with Crippen molar-refractivity contribution in [3.05, 3.63) is 47.0 Å². The summed E-state index contributed by atoms with van der Waals surface area (Å²) in [4.78, 5) is 27.1. The lowest BCUT2D eigenvalue weighted by Crippen LogP contribution is -2.68. The van der Waals surface area contributed by atoms with Crippen LogP contribution in [0.1, 0.15) is 79.7 Å². The molecule has 43 heavy (non-hydrogen) atoms. The average Bonchev–Trinajstić information content (AvgIpc) is 3.30. The fourth-order valence-corrected chi connectivity index (χ4v) is 11.6. The van der Waals surface area contributed by atoms with E-state index in [2.05, 4.69) is 41.5 Å². The molecule has 5 rings (SSSR count). The molecular weight excluding hydrogens is 564 g/mol. The molecular formula is C34H50O8Si. The average molecular weight is 615 g/mol. The number of carbonyl (C=O) groups excluding carboxylic acids is 2. The molecule has 9 heteroatoms. The number of aliphatic hydroxyl groups excluding tert-OH is 1. The van der Waals surface area contributed by atoms with Gasteiger partial charge in [0.1, 0.15) is 12.6 Å². The zero-order valence-corrected chi connectivity index (χ0v) is 27.9. The minimum absolute atomic E-state index is 0.0407. The van der Waals surface area contributed by atoms with E-state index >= 15 is 0 Å². The summed E-state index contributed by atoms with van der Waals surface area (Å²) in [6, 6.07) is 12.8. The van der Waals surface area contributed by atoms with Crippen LogP contribution in [0.25, 0.3) is 0 Å². The Kier molecular flexibility index (Phi) is 9.06. The maximum atomic E-state index is 14.0. The first-order valence-corrected chi connectivity index (χ1v) is 18.6. The van der Waals surface area contributed by atoms with E-state index in [1.54, 1.807) is 0 Å². The maximum absolute atomic E-state index is 14.0. The van der Waals surface area contributed by atoms with Gasteiger partial charge in [-0.15, -0.1) is 0 Å². The molecule has 0 unspecified atom stereocenters. The predicted molar refractivity (Wildman–Crippen MR) is 165 cm³/mol. The Morgan fingerprint density at radius 1 is 1.02 bits per heavy atom. The van der Waals surface area contributed by atoms with E-state index in [4.69, 9.17) is 23.4 Å². The van der Waals surface area contributed by atoms with Gasteiger partial charge in [0.15, 0.2) is 20.0 Å². The summed E-state index contributed by atoms with van der Waals surface area (Å²) in [7, 11) is -2.17. The Labute approximate surface area is 257 Å². The lowest BCUT2D eigenvalue weighted by Gasteiger charge is -2.60. The summed E-state index contributed by atoms with van der Waals surface area (Å²) in [5.74, 6) is -0.635. The van der Waals surface area contributed by atoms with E-state index in [0.29, 0.717) is 25.9 Å². The maximum Gasteiger partial charge on any atom is 0.509 e. The van der Waals surface area contributed by atoms with E-state index in [1.807, 2.05) is 37.3 Å². The van der Waals surface area contributed by atoms with Crippen LogP contribution in [-0.4, -0.2) is 62.2 Å². The SMILES string of the molecule is CC[Si](CC)(CC)O[C@@H]1C[C@]2(C)[C@@H](OCOCc3ccccc3)CCC(=O)[C@H]2[C@@H]2OC(=O)O[C@]23C[C@@H](O)C(C)=C1C3(C)C. The minimum Gasteiger partial charge on any atom is -0.426 e. The second-order valence-corrected chi connectivity index (χ2v) is 18.6. The highest BCUT2D eigenvalue weighted by atomic mass is 28.4. The van der Waals surface area contributed by atoms with Gasteiger partial charge in [-0.2, -0.15) is 0 Å². The molecule has 1 saturated heterocycles. The van der Waals surface area contributed by atoms with E-state index in [0.717, 1.165) is 34.8 Å². The highest BCUT2D eigenvalue weighted by molar-refractivity contribution is 6.73. The lowest BCUT2D eigenvalue weighted by molar-refractivity contribution is -0.203. The molecule has 0 radical (unpaired) electrons. The highest BCUT2D eigenvalue weighted by Crippen LogP contribution is 2.63. The number of fused-ring (bicyclic) bond motifs is 3. The van der Waals surface area contributed by atoms with Gasteiger partial charge in [-0.1, -0.05) is 71.9 Å². The van der Waals surface area contributed by atoms with Crippen LogP contribution in [0, 0.1) is 16.7 Å². The number of ether oxygens (including phenoxy) is 4. The molecule has 1 heterocycles. The van der Waals surface area contributed by atoms with E-state index in [1.165, 1.54) is 0 Å². The van der Waals surface area contributed by atoms with Gasteiger partial charge >= 0.3 is 6.16 Å². The fourth-order valence-electron chi connectivity index (χ4n) is 8.80. The standard InChI is InChI=1S/C34H50O8Si/c1-8-43(9-2,10-3)42-26-19-33(7)27(39-21-38-20-23-14-12-11-13-15-23)17-16-24(35)29(33)30-34(41-31(37)40-30)18-25(36)22(4)28(26)32(34,5)6/h11-15,25-27,29-30,36H,8-10,16-21H2,1-7H3/t25-,26-,27+,29+,30+,33-,34-/m1/s1. The topological polar surface area (TPSA) is 101 Å². The summed E-state index contributed by atoms with van der Waals surface area (Å²) in [6.07, 6.45) is -1.65. The zero-order chi connectivity index (χ0) is 31.2. The second-order valence-electron chi connectivity index (χ2n) is 13.9. The Morgan fingerprint density at radius 2 is 1.70 bits per heavy atom. The number of hydrogen-bond acceptors (Lipinski definition) is 8. The number of Topliss-reactive ketones (excluding diaryl/α,β-unsaturated/α-hetero) is 1. The molecule has 7 atom stereocenters. The van der Waals surface area contributed by atoms with Gasteiger partial charge in [-0.3, -0.25) is 4.79 Å². The van der Waals surface area contributed by atoms with Crippen molar-refractivity contribution in [2.45, 2.75) is 129 Å². The van der Waals surface area contributed by atoms with Gasteiger partial charge in [-0.05, 0) is 54.6 Å². The van der Waals surface area contributed by atoms with E-state index in [9.17, 15) is 14.7 Å². The number of carbonyl (C=O) groups is 2. The third-order valence-corrected chi connectivity index (χ3v) is 16.2. The van der Waals surface area contributed by atoms with Crippen molar-refractivity contribution in [2.24, 2.45) is 16.7 Å². The summed E-state index contributed by atoms with van der Waals surface area (Å²) < 4.78 is 32.0. The Morgan fingerprint density at radius 3 is 2.35 bits per heavy atom. The van der Waals surface area contributed by atoms with Crippen molar-refractivity contribution in [2.75, 3.05) is 6.79 Å². The van der Waals surface area contributed by atoms with Gasteiger partial charge in [0.2, 0.25) is 0 Å². The summed E-state index contributed by atoms with van der Waals surface area (Å²) in [5, 5.41) is 11.5. The van der Waals surface area contributed by atoms with E-state index < -0.39 is 49.0 Å². The Balaban J connectivity index is 1.59. The molecule has 1 aliphatic heterocycles. The van der Waals surface area contributed by atoms with Gasteiger partial charge in [0.25, 0.3) is 0 Å². The van der Waals surface area contributed by atoms with Gasteiger partial charge < -0.3 is 28.5 Å². The van der Waals surface area contributed by atoms with Crippen molar-refractivity contribution in [3.8, 4) is 0 Å². The highest BCUT2D eigenvalue weighted by Gasteiger charge is 2.72. The van der Waals surface area contributed by atoms with Crippen molar-refractivity contribution >= 4 is 20.3 Å². The van der Waals surface area contributed by atoms with Crippen LogP contribution in [0.5, 0.6) is 0 Å². The zero-order valence-electron chi connectivity index (χ0n) is 26.9. The monoisotopic (exact) mass is 614 g/mol. The number of ketones is 1. The van der Waals surface area contributed by atoms with Crippen molar-refractivity contribution in [3.63, 3.8) is 0 Å². The second kappa shape index (κ2) is 12.0. The van der Waals surface area contributed by atoms with Crippen molar-refractivity contribution in [1.82, 2.24) is 0 Å². The van der Waals surface area contributed by atoms with Crippen molar-refractivity contribution in [1.29, 1.82) is 0 Å². The first kappa shape index (κ1) is 32.4. The minimum atomic E-state index is -2.17. The predicted octanol–water partition coefficient (Wildman–Crippen LogP) is 6.71. The molecule has 1 spiro atoms. The van der Waals surface area contributed by atoms with Gasteiger partial charge in [0.05, 0.1) is 30.8 Å². The third-order valence-electron chi connectivity index (χ3n) is 11.6. The molecule has 0 amide bonds. The van der Waals surface area contributed by atoms with E-state index in [-0.39, 0.29) is 31.2 Å².